The summed E-state index contributed by atoms with van der Waals surface area (Å²) in [5.41, 5.74) is 7.17. The molecular formula is C28H36ClFN4O2. The van der Waals surface area contributed by atoms with Crippen molar-refractivity contribution in [2.75, 3.05) is 32.7 Å². The van der Waals surface area contributed by atoms with Crippen molar-refractivity contribution in [1.82, 2.24) is 15.1 Å². The molecule has 8 heteroatoms. The second-order valence-electron chi connectivity index (χ2n) is 10.6. The van der Waals surface area contributed by atoms with Crippen molar-refractivity contribution < 1.29 is 14.0 Å². The minimum Gasteiger partial charge on any atom is -0.348 e. The van der Waals surface area contributed by atoms with Gasteiger partial charge in [0.1, 0.15) is 5.82 Å². The van der Waals surface area contributed by atoms with Gasteiger partial charge in [-0.05, 0) is 48.3 Å². The number of likely N-dealkylation sites (tertiary alicyclic amines) is 2. The average Bonchev–Trinajstić information content (AvgIpc) is 3.40. The van der Waals surface area contributed by atoms with Gasteiger partial charge in [-0.25, -0.2) is 4.39 Å². The second kappa shape index (κ2) is 11.7. The highest BCUT2D eigenvalue weighted by Gasteiger charge is 2.42. The first-order valence-electron chi connectivity index (χ1n) is 12.8. The lowest BCUT2D eigenvalue weighted by Gasteiger charge is -2.26. The fourth-order valence-corrected chi connectivity index (χ4v) is 5.76. The van der Waals surface area contributed by atoms with Gasteiger partial charge in [-0.15, -0.1) is 0 Å². The molecular weight excluding hydrogens is 479 g/mol. The van der Waals surface area contributed by atoms with Crippen LogP contribution in [0.4, 0.5) is 4.39 Å². The summed E-state index contributed by atoms with van der Waals surface area (Å²) in [6.45, 7) is 7.92. The Bertz CT molecular complexity index is 1030. The molecule has 6 nitrogen and oxygen atoms in total. The predicted octanol–water partition coefficient (Wildman–Crippen LogP) is 4.10. The maximum atomic E-state index is 14.2. The number of carbonyl (C=O) groups is 2. The van der Waals surface area contributed by atoms with Crippen LogP contribution in [-0.2, 0) is 4.79 Å². The minimum absolute atomic E-state index is 0.0342. The van der Waals surface area contributed by atoms with E-state index in [-0.39, 0.29) is 28.4 Å². The van der Waals surface area contributed by atoms with Gasteiger partial charge in [0.05, 0.1) is 22.7 Å². The van der Waals surface area contributed by atoms with Crippen molar-refractivity contribution in [3.8, 4) is 0 Å². The summed E-state index contributed by atoms with van der Waals surface area (Å²) in [5, 5.41) is 3.33. The van der Waals surface area contributed by atoms with E-state index in [1.807, 2.05) is 30.3 Å². The first-order chi connectivity index (χ1) is 17.2. The third-order valence-corrected chi connectivity index (χ3v) is 7.66. The lowest BCUT2D eigenvalue weighted by atomic mass is 10.0. The Morgan fingerprint density at radius 2 is 1.72 bits per heavy atom. The molecule has 2 unspecified atom stereocenters. The fraction of sp³-hybridized carbons (Fsp3) is 0.500. The molecule has 36 heavy (non-hydrogen) atoms. The van der Waals surface area contributed by atoms with E-state index in [0.717, 1.165) is 31.6 Å². The number of hydrogen-bond donors (Lipinski definition) is 2. The highest BCUT2D eigenvalue weighted by atomic mass is 35.5. The van der Waals surface area contributed by atoms with Crippen LogP contribution in [-0.4, -0.2) is 60.4 Å². The maximum absolute atomic E-state index is 14.2. The standard InChI is InChI=1S/C28H36ClFN4O2/c1-18(2)13-24(31)27(35)32-25(19-7-4-3-5-8-19)11-12-33-14-20-16-34(17-21(20)15-33)28(36)26-22(29)9-6-10-23(26)30/h3-10,18,20-21,24-25H,11-17,31H2,1-2H3,(H,32,35)/t20?,21?,24-,25-/m0/s1. The Hall–Kier alpha value is -2.48. The average molecular weight is 515 g/mol. The van der Waals surface area contributed by atoms with E-state index in [9.17, 15) is 14.0 Å². The van der Waals surface area contributed by atoms with Gasteiger partial charge in [-0.3, -0.25) is 9.59 Å². The zero-order chi connectivity index (χ0) is 25.8. The first kappa shape index (κ1) is 26.6. The molecule has 0 saturated carbocycles. The molecule has 2 aliphatic heterocycles. The molecule has 2 amide bonds. The van der Waals surface area contributed by atoms with Gasteiger partial charge in [0.15, 0.2) is 0 Å². The summed E-state index contributed by atoms with van der Waals surface area (Å²) < 4.78 is 14.2. The smallest absolute Gasteiger partial charge is 0.258 e. The Labute approximate surface area is 218 Å². The highest BCUT2D eigenvalue weighted by molar-refractivity contribution is 6.33. The number of fused-ring (bicyclic) bond motifs is 1. The molecule has 0 radical (unpaired) electrons. The first-order valence-corrected chi connectivity index (χ1v) is 13.2. The normalized spacial score (nSPS) is 21.4. The van der Waals surface area contributed by atoms with Crippen LogP contribution in [0.25, 0.3) is 0 Å². The zero-order valence-electron chi connectivity index (χ0n) is 21.0. The molecule has 194 valence electrons. The minimum atomic E-state index is -0.576. The Kier molecular flexibility index (Phi) is 8.65. The number of amides is 2. The van der Waals surface area contributed by atoms with Crippen LogP contribution in [0.2, 0.25) is 5.02 Å². The van der Waals surface area contributed by atoms with Gasteiger partial charge in [0, 0.05) is 32.7 Å². The molecule has 2 aliphatic rings. The lowest BCUT2D eigenvalue weighted by molar-refractivity contribution is -0.123. The van der Waals surface area contributed by atoms with E-state index in [0.29, 0.717) is 37.3 Å². The van der Waals surface area contributed by atoms with Crippen LogP contribution in [0.15, 0.2) is 48.5 Å². The van der Waals surface area contributed by atoms with Gasteiger partial charge in [0.25, 0.3) is 5.91 Å². The molecule has 0 spiro atoms. The van der Waals surface area contributed by atoms with Crippen LogP contribution in [0, 0.1) is 23.6 Å². The predicted molar refractivity (Wildman–Crippen MR) is 140 cm³/mol. The summed E-state index contributed by atoms with van der Waals surface area (Å²) in [5.74, 6) is 0.0343. The van der Waals surface area contributed by atoms with Crippen molar-refractivity contribution in [1.29, 1.82) is 0 Å². The van der Waals surface area contributed by atoms with Gasteiger partial charge in [-0.2, -0.15) is 0 Å². The van der Waals surface area contributed by atoms with Gasteiger partial charge in [-0.1, -0.05) is 61.8 Å². The van der Waals surface area contributed by atoms with Crippen molar-refractivity contribution >= 4 is 23.4 Å². The van der Waals surface area contributed by atoms with Crippen LogP contribution in [0.3, 0.4) is 0 Å². The van der Waals surface area contributed by atoms with Crippen LogP contribution in [0.1, 0.15) is 48.7 Å². The number of halogens is 2. The third kappa shape index (κ3) is 6.25. The summed E-state index contributed by atoms with van der Waals surface area (Å²) >= 11 is 6.11. The van der Waals surface area contributed by atoms with Crippen LogP contribution >= 0.6 is 11.6 Å². The van der Waals surface area contributed by atoms with E-state index in [4.69, 9.17) is 17.3 Å². The summed E-state index contributed by atoms with van der Waals surface area (Å²) in [6.07, 6.45) is 1.42. The molecule has 2 saturated heterocycles. The number of nitrogens with two attached hydrogens (primary N) is 1. The molecule has 4 atom stereocenters. The molecule has 3 N–H and O–H groups in total. The number of nitrogens with one attached hydrogen (secondary N) is 1. The Balaban J connectivity index is 1.33. The highest BCUT2D eigenvalue weighted by Crippen LogP contribution is 2.33. The third-order valence-electron chi connectivity index (χ3n) is 7.34. The Morgan fingerprint density at radius 1 is 1.06 bits per heavy atom. The van der Waals surface area contributed by atoms with Crippen LogP contribution in [0.5, 0.6) is 0 Å². The molecule has 2 fully saturated rings. The summed E-state index contributed by atoms with van der Waals surface area (Å²) in [6, 6.07) is 13.7. The fourth-order valence-electron chi connectivity index (χ4n) is 5.51. The number of rotatable bonds is 9. The van der Waals surface area contributed by atoms with E-state index in [1.165, 1.54) is 12.1 Å². The summed E-state index contributed by atoms with van der Waals surface area (Å²) in [4.78, 5) is 29.8. The quantitative estimate of drug-likeness (QED) is 0.528. The Morgan fingerprint density at radius 3 is 2.33 bits per heavy atom. The molecule has 0 bridgehead atoms. The molecule has 0 aliphatic carbocycles. The van der Waals surface area contributed by atoms with Crippen molar-refractivity contribution in [3.63, 3.8) is 0 Å². The van der Waals surface area contributed by atoms with Gasteiger partial charge in [0.2, 0.25) is 5.91 Å². The SMILES string of the molecule is CC(C)C[C@H](N)C(=O)N[C@@H](CCN1CC2CN(C(=O)c3c(F)cccc3Cl)CC2C1)c1ccccc1. The molecule has 4 rings (SSSR count). The molecule has 2 heterocycles. The lowest BCUT2D eigenvalue weighted by Crippen LogP contribution is -2.43. The monoisotopic (exact) mass is 514 g/mol. The van der Waals surface area contributed by atoms with Gasteiger partial charge < -0.3 is 20.9 Å². The topological polar surface area (TPSA) is 78.7 Å². The van der Waals surface area contributed by atoms with E-state index < -0.39 is 11.9 Å². The maximum Gasteiger partial charge on any atom is 0.258 e. The van der Waals surface area contributed by atoms with E-state index in [2.05, 4.69) is 24.1 Å². The molecule has 2 aromatic rings. The van der Waals surface area contributed by atoms with Gasteiger partial charge >= 0.3 is 0 Å². The molecule has 0 aromatic heterocycles. The number of hydrogen-bond acceptors (Lipinski definition) is 4. The van der Waals surface area contributed by atoms with Crippen molar-refractivity contribution in [2.24, 2.45) is 23.5 Å². The van der Waals surface area contributed by atoms with Crippen molar-refractivity contribution in [3.05, 3.63) is 70.5 Å². The van der Waals surface area contributed by atoms with Crippen molar-refractivity contribution in [2.45, 2.75) is 38.8 Å². The van der Waals surface area contributed by atoms with Crippen LogP contribution < -0.4 is 11.1 Å². The number of carbonyl (C=O) groups excluding carboxylic acids is 2. The largest absolute Gasteiger partial charge is 0.348 e. The van der Waals surface area contributed by atoms with E-state index in [1.54, 1.807) is 11.0 Å². The number of benzene rings is 2. The summed E-state index contributed by atoms with van der Waals surface area (Å²) in [7, 11) is 0. The number of nitrogens with zero attached hydrogens (tertiary/aromatic N) is 2. The zero-order valence-corrected chi connectivity index (χ0v) is 21.8. The second-order valence-corrected chi connectivity index (χ2v) is 11.0. The van der Waals surface area contributed by atoms with E-state index >= 15 is 0 Å². The molecule has 2 aromatic carbocycles.